The summed E-state index contributed by atoms with van der Waals surface area (Å²) in [6.45, 7) is 0. The number of para-hydroxylation sites is 1. The number of benzene rings is 2. The van der Waals surface area contributed by atoms with E-state index in [1.165, 1.54) is 0 Å². The van der Waals surface area contributed by atoms with Gasteiger partial charge < -0.3 is 0 Å². The van der Waals surface area contributed by atoms with Gasteiger partial charge in [0.05, 0.1) is 10.3 Å². The lowest BCUT2D eigenvalue weighted by Gasteiger charge is -2.10. The molecule has 1 unspecified atom stereocenters. The highest BCUT2D eigenvalue weighted by molar-refractivity contribution is 5.64. The van der Waals surface area contributed by atoms with Gasteiger partial charge in [0, 0.05) is 29.5 Å². The van der Waals surface area contributed by atoms with Gasteiger partial charge >= 0.3 is 0 Å². The summed E-state index contributed by atoms with van der Waals surface area (Å²) in [6.07, 6.45) is 5.60. The first-order valence-corrected chi connectivity index (χ1v) is 7.81. The zero-order valence-electron chi connectivity index (χ0n) is 13.0. The van der Waals surface area contributed by atoms with Gasteiger partial charge in [0.1, 0.15) is 6.20 Å². The van der Waals surface area contributed by atoms with Gasteiger partial charge in [-0.05, 0) is 16.3 Å². The maximum Gasteiger partial charge on any atom is 0.289 e. The van der Waals surface area contributed by atoms with Gasteiger partial charge in [-0.1, -0.05) is 48.5 Å². The van der Waals surface area contributed by atoms with Gasteiger partial charge in [-0.3, -0.25) is 4.98 Å². The largest absolute Gasteiger partial charge is 0.289 e. The average molecular weight is 315 g/mol. The third kappa shape index (κ3) is 2.92. The van der Waals surface area contributed by atoms with E-state index in [4.69, 9.17) is 5.11 Å². The number of rotatable bonds is 3. The molecule has 0 saturated carbocycles. The highest BCUT2D eigenvalue weighted by atomic mass is 15.7. The second-order valence-corrected chi connectivity index (χ2v) is 5.45. The Hall–Kier alpha value is -3.34. The van der Waals surface area contributed by atoms with Gasteiger partial charge in [-0.25, -0.2) is 0 Å². The van der Waals surface area contributed by atoms with Crippen LogP contribution in [0.5, 0.6) is 0 Å². The molecule has 1 aliphatic heterocycles. The van der Waals surface area contributed by atoms with Crippen molar-refractivity contribution in [2.45, 2.75) is 6.04 Å². The molecule has 3 aromatic rings. The minimum absolute atomic E-state index is 0.0899. The number of hydrogen-bond donors (Lipinski definition) is 1. The van der Waals surface area contributed by atoms with Crippen LogP contribution in [0.15, 0.2) is 90.3 Å². The summed E-state index contributed by atoms with van der Waals surface area (Å²) in [5.74, 6) is 0. The summed E-state index contributed by atoms with van der Waals surface area (Å²) in [5.41, 5.74) is 6.35. The fourth-order valence-electron chi connectivity index (χ4n) is 2.60. The summed E-state index contributed by atoms with van der Waals surface area (Å²) >= 11 is 0. The van der Waals surface area contributed by atoms with E-state index in [2.05, 4.69) is 41.0 Å². The highest BCUT2D eigenvalue weighted by Crippen LogP contribution is 2.22. The molecule has 2 heterocycles. The lowest BCUT2D eigenvalue weighted by Crippen LogP contribution is -2.38. The summed E-state index contributed by atoms with van der Waals surface area (Å²) in [7, 11) is 0. The van der Waals surface area contributed by atoms with Crippen LogP contribution in [0, 0.1) is 0 Å². The summed E-state index contributed by atoms with van der Waals surface area (Å²) in [4.78, 5) is 5.95. The van der Waals surface area contributed by atoms with Crippen molar-refractivity contribution in [3.8, 4) is 0 Å². The maximum atomic E-state index is 4.78. The molecule has 2 aromatic carbocycles. The molecule has 5 nitrogen and oxygen atoms in total. The van der Waals surface area contributed by atoms with Crippen molar-refractivity contribution < 1.29 is 9.49 Å². The van der Waals surface area contributed by atoms with Crippen molar-refractivity contribution in [1.82, 2.24) is 10.5 Å². The zero-order chi connectivity index (χ0) is 16.2. The normalized spacial score (nSPS) is 16.8. The van der Waals surface area contributed by atoms with Crippen LogP contribution in [0.1, 0.15) is 11.6 Å². The lowest BCUT2D eigenvalue weighted by molar-refractivity contribution is -0.783. The molecule has 0 saturated heterocycles. The molecular formula is C19H17N5+2. The number of hydrazine groups is 2. The standard InChI is InChI=1S/C19H17N5/c1-3-8-16(9-4-1)19-15-23(17-10-5-2-6-11-17)22-24(21-19)18-12-7-13-20-14-18/h1-15,19H,(H,21,22)/q+2. The summed E-state index contributed by atoms with van der Waals surface area (Å²) in [5, 5.41) is 4.78. The number of nitrogens with zero attached hydrogens (tertiary/aromatic N) is 4. The molecule has 24 heavy (non-hydrogen) atoms. The molecule has 0 radical (unpaired) electrons. The average Bonchev–Trinajstić information content (AvgIpc) is 2.70. The molecule has 5 heteroatoms. The van der Waals surface area contributed by atoms with Crippen molar-refractivity contribution in [3.05, 3.63) is 90.8 Å². The third-order valence-corrected chi connectivity index (χ3v) is 3.80. The second kappa shape index (κ2) is 6.42. The first-order chi connectivity index (χ1) is 11.9. The zero-order valence-corrected chi connectivity index (χ0v) is 13.0. The third-order valence-electron chi connectivity index (χ3n) is 3.80. The van der Waals surface area contributed by atoms with Crippen molar-refractivity contribution in [1.29, 1.82) is 0 Å². The van der Waals surface area contributed by atoms with E-state index in [-0.39, 0.29) is 6.04 Å². The SMILES string of the molecule is C1=[N+](c2ccccc2)N[N+](c2cccnc2)=NC1c1ccccc1. The van der Waals surface area contributed by atoms with E-state index in [1.807, 2.05) is 53.2 Å². The first kappa shape index (κ1) is 14.3. The molecule has 116 valence electrons. The Kier molecular flexibility index (Phi) is 3.81. The van der Waals surface area contributed by atoms with Crippen LogP contribution in [0.25, 0.3) is 0 Å². The molecule has 0 fully saturated rings. The van der Waals surface area contributed by atoms with E-state index in [0.29, 0.717) is 0 Å². The first-order valence-electron chi connectivity index (χ1n) is 7.81. The fourth-order valence-corrected chi connectivity index (χ4v) is 2.60. The summed E-state index contributed by atoms with van der Waals surface area (Å²) < 4.78 is 1.98. The predicted molar refractivity (Wildman–Crippen MR) is 91.3 cm³/mol. The van der Waals surface area contributed by atoms with Crippen LogP contribution in [0.2, 0.25) is 0 Å². The van der Waals surface area contributed by atoms with Gasteiger partial charge in [-0.2, -0.15) is 0 Å². The van der Waals surface area contributed by atoms with E-state index < -0.39 is 0 Å². The second-order valence-electron chi connectivity index (χ2n) is 5.45. The minimum Gasteiger partial charge on any atom is -0.258 e. The van der Waals surface area contributed by atoms with Gasteiger partial charge in [0.25, 0.3) is 5.69 Å². The van der Waals surface area contributed by atoms with Crippen LogP contribution >= 0.6 is 0 Å². The molecule has 0 amide bonds. The number of pyridine rings is 1. The molecule has 0 spiro atoms. The van der Waals surface area contributed by atoms with Crippen LogP contribution in [0.4, 0.5) is 11.4 Å². The van der Waals surface area contributed by atoms with E-state index in [1.54, 1.807) is 17.2 Å². The van der Waals surface area contributed by atoms with Crippen LogP contribution in [-0.2, 0) is 0 Å². The quantitative estimate of drug-likeness (QED) is 0.748. The van der Waals surface area contributed by atoms with Crippen LogP contribution in [0.3, 0.4) is 0 Å². The Balaban J connectivity index is 1.78. The molecule has 4 rings (SSSR count). The van der Waals surface area contributed by atoms with E-state index in [0.717, 1.165) is 16.9 Å². The van der Waals surface area contributed by atoms with Crippen LogP contribution in [-0.4, -0.2) is 20.7 Å². The van der Waals surface area contributed by atoms with Crippen molar-refractivity contribution in [2.75, 3.05) is 0 Å². The van der Waals surface area contributed by atoms with Gasteiger partial charge in [0.15, 0.2) is 0 Å². The van der Waals surface area contributed by atoms with E-state index >= 15 is 0 Å². The number of hydrazone groups is 1. The Bertz CT molecular complexity index is 818. The molecular weight excluding hydrogens is 298 g/mol. The Morgan fingerprint density at radius 1 is 0.792 bits per heavy atom. The highest BCUT2D eigenvalue weighted by Gasteiger charge is 2.31. The number of hydrogen-bond acceptors (Lipinski definition) is 3. The Morgan fingerprint density at radius 3 is 2.21 bits per heavy atom. The Morgan fingerprint density at radius 2 is 1.50 bits per heavy atom. The Labute approximate surface area is 140 Å². The maximum absolute atomic E-state index is 4.78. The van der Waals surface area contributed by atoms with Crippen molar-refractivity contribution >= 4 is 17.6 Å². The molecule has 1 aromatic heterocycles. The van der Waals surface area contributed by atoms with E-state index in [9.17, 15) is 0 Å². The molecule has 1 aliphatic rings. The number of aromatic nitrogens is 1. The predicted octanol–water partition coefficient (Wildman–Crippen LogP) is 3.77. The molecule has 1 N–H and O–H groups in total. The topological polar surface area (TPSA) is 43.3 Å². The van der Waals surface area contributed by atoms with Gasteiger partial charge in [0.2, 0.25) is 17.9 Å². The van der Waals surface area contributed by atoms with Crippen molar-refractivity contribution in [2.24, 2.45) is 5.11 Å². The summed E-state index contributed by atoms with van der Waals surface area (Å²) in [6, 6.07) is 24.2. The number of azo groups is 1. The van der Waals surface area contributed by atoms with Gasteiger partial charge in [-0.15, -0.1) is 0 Å². The molecule has 1 atom stereocenters. The smallest absolute Gasteiger partial charge is 0.258 e. The van der Waals surface area contributed by atoms with Crippen molar-refractivity contribution in [3.63, 3.8) is 0 Å². The molecule has 0 bridgehead atoms. The van der Waals surface area contributed by atoms with Crippen LogP contribution < -0.4 is 5.53 Å². The lowest BCUT2D eigenvalue weighted by atomic mass is 10.1. The minimum atomic E-state index is -0.0899. The number of nitrogens with one attached hydrogen (secondary N) is 1. The molecule has 0 aliphatic carbocycles. The monoisotopic (exact) mass is 315 g/mol. The fraction of sp³-hybridized carbons (Fsp3) is 0.0526.